The molecule has 2 aliphatic rings. The Morgan fingerprint density at radius 1 is 1.14 bits per heavy atom. The fraction of sp³-hybridized carbons (Fsp3) is 0.515. The number of rotatable bonds is 9. The number of nitrogens with two attached hydrogens (primary N) is 3. The Morgan fingerprint density at radius 3 is 2.50 bits per heavy atom. The first-order chi connectivity index (χ1) is 20.9. The molecule has 1 saturated carbocycles. The molecule has 1 aromatic carbocycles. The van der Waals surface area contributed by atoms with Gasteiger partial charge in [-0.2, -0.15) is 5.10 Å². The van der Waals surface area contributed by atoms with Crippen LogP contribution in [0.1, 0.15) is 70.5 Å². The van der Waals surface area contributed by atoms with E-state index >= 15 is 0 Å². The molecule has 0 unspecified atom stereocenters. The molecule has 2 heterocycles. The first-order valence-corrected chi connectivity index (χ1v) is 15.1. The average Bonchev–Trinajstić information content (AvgIpc) is 3.45. The van der Waals surface area contributed by atoms with Crippen LogP contribution >= 0.6 is 0 Å². The highest BCUT2D eigenvalue weighted by atomic mass is 16.7. The fourth-order valence-electron chi connectivity index (χ4n) is 5.08. The van der Waals surface area contributed by atoms with Crippen LogP contribution in [0.25, 0.3) is 11.3 Å². The van der Waals surface area contributed by atoms with Crippen LogP contribution < -0.4 is 21.9 Å². The first-order valence-electron chi connectivity index (χ1n) is 15.1. The summed E-state index contributed by atoms with van der Waals surface area (Å²) in [6, 6.07) is 7.25. The number of carbonyl (C=O) groups is 1. The van der Waals surface area contributed by atoms with E-state index in [1.807, 2.05) is 58.2 Å². The van der Waals surface area contributed by atoms with Crippen LogP contribution in [0.15, 0.2) is 48.6 Å². The lowest BCUT2D eigenvalue weighted by Gasteiger charge is -2.38. The summed E-state index contributed by atoms with van der Waals surface area (Å²) in [6.45, 7) is 9.06. The minimum Gasteiger partial charge on any atom is -0.467 e. The zero-order valence-corrected chi connectivity index (χ0v) is 26.4. The number of amides is 1. The number of ether oxygens (including phenoxy) is 4. The summed E-state index contributed by atoms with van der Waals surface area (Å²) in [5.74, 6) is 7.72. The Labute approximate surface area is 260 Å². The van der Waals surface area contributed by atoms with Crippen molar-refractivity contribution in [3.05, 3.63) is 59.7 Å². The van der Waals surface area contributed by atoms with Gasteiger partial charge in [-0.3, -0.25) is 4.68 Å². The Bertz CT molecular complexity index is 1400. The summed E-state index contributed by atoms with van der Waals surface area (Å²) in [7, 11) is 1.56. The number of likely N-dealkylation sites (tertiary alicyclic amines) is 1. The van der Waals surface area contributed by atoms with E-state index in [0.29, 0.717) is 35.7 Å². The topological polar surface area (TPSA) is 153 Å². The third-order valence-corrected chi connectivity index (χ3v) is 7.52. The number of hydrogen-bond donors (Lipinski definition) is 3. The lowest BCUT2D eigenvalue weighted by Crippen LogP contribution is -2.45. The molecule has 11 heteroatoms. The predicted molar refractivity (Wildman–Crippen MR) is 170 cm³/mol. The number of hydrogen-bond acceptors (Lipinski definition) is 9. The number of allylic oxidation sites excluding steroid dienone is 2. The van der Waals surface area contributed by atoms with Crippen molar-refractivity contribution >= 4 is 17.4 Å². The highest BCUT2D eigenvalue weighted by Crippen LogP contribution is 2.32. The van der Waals surface area contributed by atoms with Gasteiger partial charge in [0.25, 0.3) is 0 Å². The third-order valence-electron chi connectivity index (χ3n) is 7.52. The zero-order valence-electron chi connectivity index (χ0n) is 26.4. The molecular weight excluding hydrogens is 560 g/mol. The molecule has 0 radical (unpaired) electrons. The molecule has 238 valence electrons. The van der Waals surface area contributed by atoms with Gasteiger partial charge in [-0.25, -0.2) is 4.79 Å². The summed E-state index contributed by atoms with van der Waals surface area (Å²) in [5, 5.41) is 4.51. The molecule has 2 aromatic rings. The normalized spacial score (nSPS) is 19.8. The van der Waals surface area contributed by atoms with E-state index in [1.54, 1.807) is 29.0 Å². The quantitative estimate of drug-likeness (QED) is 0.216. The first kappa shape index (κ1) is 32.8. The Hall–Kier alpha value is -4.14. The second-order valence-corrected chi connectivity index (χ2v) is 12.3. The Morgan fingerprint density at radius 2 is 1.84 bits per heavy atom. The van der Waals surface area contributed by atoms with Crippen molar-refractivity contribution in [3.63, 3.8) is 0 Å². The number of piperidine rings is 1. The molecule has 1 atom stereocenters. The monoisotopic (exact) mass is 606 g/mol. The highest BCUT2D eigenvalue weighted by Gasteiger charge is 2.33. The van der Waals surface area contributed by atoms with Crippen LogP contribution in [0, 0.1) is 17.8 Å². The molecular formula is C33H46N6O5. The summed E-state index contributed by atoms with van der Waals surface area (Å²) >= 11 is 0. The molecule has 1 saturated heterocycles. The molecule has 1 aliphatic heterocycles. The minimum atomic E-state index is -0.484. The number of aromatic nitrogens is 2. The van der Waals surface area contributed by atoms with Gasteiger partial charge in [0.1, 0.15) is 23.2 Å². The number of nitrogens with zero attached hydrogens (tertiary/aromatic N) is 3. The van der Waals surface area contributed by atoms with Crippen LogP contribution in [0.4, 0.5) is 4.79 Å². The highest BCUT2D eigenvalue weighted by molar-refractivity contribution is 5.84. The molecule has 2 fully saturated rings. The summed E-state index contributed by atoms with van der Waals surface area (Å²) in [5.41, 5.74) is 20.5. The van der Waals surface area contributed by atoms with Crippen molar-refractivity contribution in [1.29, 1.82) is 0 Å². The second kappa shape index (κ2) is 14.6. The van der Waals surface area contributed by atoms with Crippen molar-refractivity contribution < 1.29 is 23.7 Å². The van der Waals surface area contributed by atoms with E-state index < -0.39 is 5.60 Å². The van der Waals surface area contributed by atoms with E-state index in [9.17, 15) is 4.79 Å². The maximum absolute atomic E-state index is 12.3. The number of para-hydroxylation sites is 1. The van der Waals surface area contributed by atoms with Gasteiger partial charge in [0.05, 0.1) is 18.4 Å². The average molecular weight is 607 g/mol. The van der Waals surface area contributed by atoms with Gasteiger partial charge in [0.2, 0.25) is 0 Å². The Kier molecular flexibility index (Phi) is 10.8. The van der Waals surface area contributed by atoms with Gasteiger partial charge >= 0.3 is 6.09 Å². The van der Waals surface area contributed by atoms with Gasteiger partial charge in [0.15, 0.2) is 6.79 Å². The van der Waals surface area contributed by atoms with Crippen molar-refractivity contribution in [2.75, 3.05) is 27.0 Å². The number of carbonyl (C=O) groups excluding carboxylic acids is 1. The van der Waals surface area contributed by atoms with Gasteiger partial charge in [-0.05, 0) is 71.6 Å². The minimum absolute atomic E-state index is 0.100. The fourth-order valence-corrected chi connectivity index (χ4v) is 5.08. The van der Waals surface area contributed by atoms with Crippen LogP contribution in [0.5, 0.6) is 5.75 Å². The zero-order chi connectivity index (χ0) is 31.9. The molecule has 44 heavy (non-hydrogen) atoms. The number of methoxy groups -OCH3 is 1. The van der Waals surface area contributed by atoms with Gasteiger partial charge < -0.3 is 41.0 Å². The lowest BCUT2D eigenvalue weighted by atomic mass is 9.82. The smallest absolute Gasteiger partial charge is 0.410 e. The van der Waals surface area contributed by atoms with E-state index in [1.165, 1.54) is 0 Å². The van der Waals surface area contributed by atoms with E-state index in [4.69, 9.17) is 36.1 Å². The predicted octanol–water partition coefficient (Wildman–Crippen LogP) is 4.21. The van der Waals surface area contributed by atoms with E-state index in [-0.39, 0.29) is 42.9 Å². The molecule has 1 amide bonds. The van der Waals surface area contributed by atoms with E-state index in [2.05, 4.69) is 16.9 Å². The molecule has 0 spiro atoms. The lowest BCUT2D eigenvalue weighted by molar-refractivity contribution is -0.0849. The Balaban J connectivity index is 1.28. The SMILES string of the molecule is COCOc1ccccc1/C(N)=C/C(=C(N)N)c1cnn([C@H](C)C#CC2CC(OC3CCN(C(=O)OC(C)(C)C)CC3)C2)c1. The van der Waals surface area contributed by atoms with Crippen LogP contribution in [0.2, 0.25) is 0 Å². The molecule has 0 bridgehead atoms. The molecule has 4 rings (SSSR count). The van der Waals surface area contributed by atoms with Crippen LogP contribution in [-0.2, 0) is 14.2 Å². The van der Waals surface area contributed by atoms with Crippen molar-refractivity contribution in [2.45, 2.75) is 77.2 Å². The number of benzene rings is 1. The summed E-state index contributed by atoms with van der Waals surface area (Å²) in [4.78, 5) is 14.1. The van der Waals surface area contributed by atoms with Crippen molar-refractivity contribution in [2.24, 2.45) is 23.1 Å². The van der Waals surface area contributed by atoms with Crippen LogP contribution in [0.3, 0.4) is 0 Å². The summed E-state index contributed by atoms with van der Waals surface area (Å²) in [6.07, 6.45) is 8.88. The second-order valence-electron chi connectivity index (χ2n) is 12.3. The van der Waals surface area contributed by atoms with Crippen LogP contribution in [-0.4, -0.2) is 65.6 Å². The van der Waals surface area contributed by atoms with Gasteiger partial charge in [-0.1, -0.05) is 24.0 Å². The van der Waals surface area contributed by atoms with Gasteiger partial charge in [-0.15, -0.1) is 0 Å². The molecule has 1 aromatic heterocycles. The molecule has 11 nitrogen and oxygen atoms in total. The van der Waals surface area contributed by atoms with Gasteiger partial charge in [0, 0.05) is 54.7 Å². The standard InChI is InChI=1S/C33H46N6O5/c1-22(10-11-23-16-26(17-23)43-25-12-14-38(15-13-25)32(40)44-33(2,3)4)39-20-24(19-37-39)28(31(35)36)18-29(34)27-8-6-7-9-30(27)42-21-41-5/h6-9,18-20,22-23,25-26H,12-17,21,34-36H2,1-5H3/b29-18-/t22-,23?,26?/m1/s1. The maximum atomic E-state index is 12.3. The summed E-state index contributed by atoms with van der Waals surface area (Å²) < 4.78 is 24.2. The van der Waals surface area contributed by atoms with Crippen molar-refractivity contribution in [3.8, 4) is 17.6 Å². The molecule has 6 N–H and O–H groups in total. The van der Waals surface area contributed by atoms with Crippen molar-refractivity contribution in [1.82, 2.24) is 14.7 Å². The molecule has 1 aliphatic carbocycles. The maximum Gasteiger partial charge on any atom is 0.410 e. The van der Waals surface area contributed by atoms with E-state index in [0.717, 1.165) is 31.2 Å². The largest absolute Gasteiger partial charge is 0.467 e. The third kappa shape index (κ3) is 8.94.